The Bertz CT molecular complexity index is 1220. The topological polar surface area (TPSA) is 199 Å². The fraction of sp³-hybridized carbons (Fsp3) is 0. The molecular weight excluding hydrogens is 408 g/mol. The molecule has 0 saturated carbocycles. The molecular formula is C15H12N6O5S2. The Kier molecular flexibility index (Phi) is 5.85. The molecule has 0 amide bonds. The van der Waals surface area contributed by atoms with Crippen molar-refractivity contribution in [3.05, 3.63) is 42.5 Å². The molecule has 0 aliphatic carbocycles. The molecule has 5 N–H and O–H groups in total. The number of nitrogens with two attached hydrogens (primary N) is 1. The molecule has 2 rings (SSSR count). The van der Waals surface area contributed by atoms with Crippen molar-refractivity contribution >= 4 is 37.1 Å². The van der Waals surface area contributed by atoms with Crippen LogP contribution >= 0.6 is 0 Å². The maximum atomic E-state index is 12.5. The number of hydrogen-bond donors (Lipinski definition) is 4. The average Bonchev–Trinajstić information content (AvgIpc) is 2.63. The summed E-state index contributed by atoms with van der Waals surface area (Å²) in [5.74, 6) is -0.380. The van der Waals surface area contributed by atoms with Crippen LogP contribution in [0.15, 0.2) is 57.4 Å². The first-order valence-corrected chi connectivity index (χ1v) is 10.2. The van der Waals surface area contributed by atoms with Gasteiger partial charge in [-0.2, -0.15) is 15.6 Å². The zero-order valence-electron chi connectivity index (χ0n) is 13.9. The van der Waals surface area contributed by atoms with E-state index in [0.29, 0.717) is 0 Å². The number of aromatic hydroxyl groups is 1. The largest absolute Gasteiger partial charge is 0.506 e. The van der Waals surface area contributed by atoms with Crippen LogP contribution in [0.2, 0.25) is 0 Å². The smallest absolute Gasteiger partial charge is 0.261 e. The van der Waals surface area contributed by atoms with Gasteiger partial charge in [-0.25, -0.2) is 22.0 Å². The summed E-state index contributed by atoms with van der Waals surface area (Å²) in [6.07, 6.45) is 0. The van der Waals surface area contributed by atoms with Crippen molar-refractivity contribution in [3.8, 4) is 17.9 Å². The molecule has 2 aromatic rings. The summed E-state index contributed by atoms with van der Waals surface area (Å²) in [4.78, 5) is -0.588. The lowest BCUT2D eigenvalue weighted by Gasteiger charge is -2.11. The molecule has 0 aliphatic heterocycles. The van der Waals surface area contributed by atoms with Gasteiger partial charge in [0, 0.05) is 0 Å². The average molecular weight is 420 g/mol. The van der Waals surface area contributed by atoms with Crippen LogP contribution < -0.4 is 15.3 Å². The predicted molar refractivity (Wildman–Crippen MR) is 99.0 cm³/mol. The maximum Gasteiger partial charge on any atom is 0.261 e. The van der Waals surface area contributed by atoms with E-state index in [2.05, 4.69) is 15.2 Å². The second-order valence-electron chi connectivity index (χ2n) is 5.15. The molecule has 0 saturated heterocycles. The Morgan fingerprint density at radius 2 is 1.71 bits per heavy atom. The van der Waals surface area contributed by atoms with E-state index in [1.807, 2.05) is 0 Å². The summed E-state index contributed by atoms with van der Waals surface area (Å²) in [5.41, 5.74) is 1.46. The predicted octanol–water partition coefficient (Wildman–Crippen LogP) is 0.655. The van der Waals surface area contributed by atoms with Gasteiger partial charge in [-0.15, -0.1) is 0 Å². The summed E-state index contributed by atoms with van der Waals surface area (Å²) in [6.45, 7) is 0. The molecule has 0 fully saturated rings. The lowest BCUT2D eigenvalue weighted by molar-refractivity contribution is 0.477. The van der Waals surface area contributed by atoms with Crippen LogP contribution in [0.4, 0.5) is 11.4 Å². The van der Waals surface area contributed by atoms with Crippen molar-refractivity contribution in [2.45, 2.75) is 9.79 Å². The number of nitrogens with zero attached hydrogens (tertiary/aromatic N) is 3. The first-order valence-electron chi connectivity index (χ1n) is 7.19. The number of hydrogen-bond acceptors (Lipinski definition) is 9. The zero-order valence-corrected chi connectivity index (χ0v) is 15.5. The van der Waals surface area contributed by atoms with E-state index in [4.69, 9.17) is 15.7 Å². The van der Waals surface area contributed by atoms with Gasteiger partial charge in [0.05, 0.1) is 21.2 Å². The zero-order chi connectivity index (χ0) is 20.9. The molecule has 0 bridgehead atoms. The standard InChI is InChI=1S/C15H12N6O5S2/c16-8-11(9-17)19-20-14-7-13(4-5-15(14)22)28(25,26)21-10-2-1-3-12(6-10)27(18,23)24/h1-7,20-22H,(H2,18,23,24). The number of primary sulfonamides is 1. The number of anilines is 2. The maximum absolute atomic E-state index is 12.5. The second kappa shape index (κ2) is 7.93. The van der Waals surface area contributed by atoms with Gasteiger partial charge in [0.25, 0.3) is 10.0 Å². The molecule has 28 heavy (non-hydrogen) atoms. The Morgan fingerprint density at radius 3 is 2.32 bits per heavy atom. The summed E-state index contributed by atoms with van der Waals surface area (Å²) >= 11 is 0. The van der Waals surface area contributed by atoms with E-state index in [9.17, 15) is 21.9 Å². The Hall–Kier alpha value is -3.65. The minimum Gasteiger partial charge on any atom is -0.506 e. The number of sulfonamides is 2. The third kappa shape index (κ3) is 4.95. The highest BCUT2D eigenvalue weighted by Crippen LogP contribution is 2.28. The highest BCUT2D eigenvalue weighted by Gasteiger charge is 2.18. The molecule has 2 aromatic carbocycles. The molecule has 0 atom stereocenters. The van der Waals surface area contributed by atoms with Gasteiger partial charge < -0.3 is 5.11 Å². The number of phenolic OH excluding ortho intramolecular Hbond substituents is 1. The van der Waals surface area contributed by atoms with Gasteiger partial charge in [-0.1, -0.05) is 6.07 Å². The van der Waals surface area contributed by atoms with Crippen molar-refractivity contribution in [1.82, 2.24) is 0 Å². The first kappa shape index (κ1) is 20.7. The van der Waals surface area contributed by atoms with E-state index >= 15 is 0 Å². The highest BCUT2D eigenvalue weighted by molar-refractivity contribution is 7.92. The van der Waals surface area contributed by atoms with E-state index < -0.39 is 25.8 Å². The number of nitrogens with one attached hydrogen (secondary N) is 2. The minimum absolute atomic E-state index is 0.0524. The van der Waals surface area contributed by atoms with Gasteiger partial charge >= 0.3 is 0 Å². The molecule has 0 unspecified atom stereocenters. The van der Waals surface area contributed by atoms with E-state index in [0.717, 1.165) is 24.3 Å². The molecule has 0 heterocycles. The number of phenols is 1. The molecule has 13 heteroatoms. The first-order chi connectivity index (χ1) is 13.1. The normalized spacial score (nSPS) is 11.0. The lowest BCUT2D eigenvalue weighted by atomic mass is 10.3. The Morgan fingerprint density at radius 1 is 1.04 bits per heavy atom. The van der Waals surface area contributed by atoms with Crippen LogP contribution in [0.5, 0.6) is 5.75 Å². The quantitative estimate of drug-likeness (QED) is 0.296. The highest BCUT2D eigenvalue weighted by atomic mass is 32.2. The van der Waals surface area contributed by atoms with Gasteiger partial charge in [0.15, 0.2) is 0 Å². The van der Waals surface area contributed by atoms with Crippen LogP contribution in [0.1, 0.15) is 0 Å². The molecule has 0 radical (unpaired) electrons. The van der Waals surface area contributed by atoms with Crippen LogP contribution in [0.25, 0.3) is 0 Å². The van der Waals surface area contributed by atoms with Gasteiger partial charge in [0.1, 0.15) is 17.9 Å². The fourth-order valence-corrected chi connectivity index (χ4v) is 3.55. The third-order valence-corrected chi connectivity index (χ3v) is 5.48. The number of nitriles is 2. The Balaban J connectivity index is 2.37. The number of rotatable bonds is 6. The molecule has 0 aromatic heterocycles. The van der Waals surface area contributed by atoms with Crippen molar-refractivity contribution in [2.75, 3.05) is 10.1 Å². The summed E-state index contributed by atoms with van der Waals surface area (Å²) in [6, 6.07) is 11.0. The van der Waals surface area contributed by atoms with Crippen LogP contribution in [0.3, 0.4) is 0 Å². The fourth-order valence-electron chi connectivity index (χ4n) is 1.91. The van der Waals surface area contributed by atoms with E-state index in [-0.39, 0.29) is 26.9 Å². The molecule has 0 aliphatic rings. The SMILES string of the molecule is N#CC(C#N)=NNc1cc(S(=O)(=O)Nc2cccc(S(N)(=O)=O)c2)ccc1O. The van der Waals surface area contributed by atoms with Crippen molar-refractivity contribution in [2.24, 2.45) is 10.2 Å². The molecule has 0 spiro atoms. The second-order valence-corrected chi connectivity index (χ2v) is 8.40. The Labute approximate surface area is 160 Å². The van der Waals surface area contributed by atoms with Gasteiger partial charge in [-0.05, 0) is 36.4 Å². The number of hydrazone groups is 1. The van der Waals surface area contributed by atoms with Crippen LogP contribution in [-0.2, 0) is 20.0 Å². The monoisotopic (exact) mass is 420 g/mol. The van der Waals surface area contributed by atoms with Crippen molar-refractivity contribution < 1.29 is 21.9 Å². The van der Waals surface area contributed by atoms with E-state index in [1.165, 1.54) is 30.3 Å². The van der Waals surface area contributed by atoms with Gasteiger partial charge in [0.2, 0.25) is 15.7 Å². The van der Waals surface area contributed by atoms with E-state index in [1.54, 1.807) is 0 Å². The van der Waals surface area contributed by atoms with Crippen LogP contribution in [-0.4, -0.2) is 27.7 Å². The third-order valence-electron chi connectivity index (χ3n) is 3.19. The van der Waals surface area contributed by atoms with Crippen molar-refractivity contribution in [3.63, 3.8) is 0 Å². The lowest BCUT2D eigenvalue weighted by Crippen LogP contribution is -2.15. The molecule has 144 valence electrons. The van der Waals surface area contributed by atoms with Crippen LogP contribution in [0, 0.1) is 22.7 Å². The summed E-state index contributed by atoms with van der Waals surface area (Å²) in [5, 5.41) is 35.5. The van der Waals surface area contributed by atoms with Gasteiger partial charge in [-0.3, -0.25) is 10.1 Å². The minimum atomic E-state index is -4.18. The molecule has 11 nitrogen and oxygen atoms in total. The summed E-state index contributed by atoms with van der Waals surface area (Å²) in [7, 11) is -8.20. The van der Waals surface area contributed by atoms with Crippen molar-refractivity contribution in [1.29, 1.82) is 10.5 Å². The number of benzene rings is 2. The summed E-state index contributed by atoms with van der Waals surface area (Å²) < 4.78 is 50.0.